The van der Waals surface area contributed by atoms with Gasteiger partial charge < -0.3 is 10.5 Å². The summed E-state index contributed by atoms with van der Waals surface area (Å²) in [5, 5.41) is 0. The standard InChI is InChI=1S/C13H15N3O3S/c1-2-19-11-5-3-4-10(8-11)16-20(17,18)12-6-7-13(14)15-9-12/h3-9,16H,2H2,1H3,(H2,14,15). The van der Waals surface area contributed by atoms with Crippen molar-refractivity contribution in [2.75, 3.05) is 17.1 Å². The number of sulfonamides is 1. The highest BCUT2D eigenvalue weighted by molar-refractivity contribution is 7.92. The third kappa shape index (κ3) is 3.39. The van der Waals surface area contributed by atoms with E-state index < -0.39 is 10.0 Å². The molecule has 106 valence electrons. The molecule has 0 radical (unpaired) electrons. The van der Waals surface area contributed by atoms with Gasteiger partial charge in [0, 0.05) is 12.3 Å². The smallest absolute Gasteiger partial charge is 0.263 e. The van der Waals surface area contributed by atoms with Gasteiger partial charge in [0.25, 0.3) is 10.0 Å². The number of aromatic nitrogens is 1. The first kappa shape index (κ1) is 14.1. The average molecular weight is 293 g/mol. The molecule has 0 bridgehead atoms. The van der Waals surface area contributed by atoms with Crippen LogP contribution in [0.5, 0.6) is 5.75 Å². The Hall–Kier alpha value is -2.28. The van der Waals surface area contributed by atoms with Crippen LogP contribution in [0.1, 0.15) is 6.92 Å². The van der Waals surface area contributed by atoms with Crippen LogP contribution in [-0.4, -0.2) is 20.0 Å². The Morgan fingerprint density at radius 2 is 2.10 bits per heavy atom. The quantitative estimate of drug-likeness (QED) is 0.877. The Labute approximate surface area is 117 Å². The van der Waals surface area contributed by atoms with E-state index in [4.69, 9.17) is 10.5 Å². The van der Waals surface area contributed by atoms with E-state index in [0.29, 0.717) is 18.0 Å². The summed E-state index contributed by atoms with van der Waals surface area (Å²) in [5.41, 5.74) is 5.86. The number of ether oxygens (including phenoxy) is 1. The van der Waals surface area contributed by atoms with E-state index in [-0.39, 0.29) is 10.7 Å². The number of rotatable bonds is 5. The van der Waals surface area contributed by atoms with E-state index in [2.05, 4.69) is 9.71 Å². The SMILES string of the molecule is CCOc1cccc(NS(=O)(=O)c2ccc(N)nc2)c1. The van der Waals surface area contributed by atoms with Gasteiger partial charge in [-0.25, -0.2) is 13.4 Å². The second-order valence-corrected chi connectivity index (χ2v) is 5.67. The summed E-state index contributed by atoms with van der Waals surface area (Å²) in [6.07, 6.45) is 1.21. The Bertz CT molecular complexity index is 684. The fourth-order valence-corrected chi connectivity index (χ4v) is 2.57. The van der Waals surface area contributed by atoms with Crippen molar-refractivity contribution in [2.24, 2.45) is 0 Å². The van der Waals surface area contributed by atoms with Crippen LogP contribution in [0.3, 0.4) is 0 Å². The Morgan fingerprint density at radius 3 is 2.75 bits per heavy atom. The first-order valence-electron chi connectivity index (χ1n) is 5.98. The number of hydrogen-bond acceptors (Lipinski definition) is 5. The first-order chi connectivity index (χ1) is 9.51. The molecule has 0 aliphatic rings. The van der Waals surface area contributed by atoms with Gasteiger partial charge >= 0.3 is 0 Å². The lowest BCUT2D eigenvalue weighted by molar-refractivity contribution is 0.340. The summed E-state index contributed by atoms with van der Waals surface area (Å²) < 4.78 is 32.1. The van der Waals surface area contributed by atoms with Gasteiger partial charge in [-0.15, -0.1) is 0 Å². The molecule has 7 heteroatoms. The van der Waals surface area contributed by atoms with Gasteiger partial charge in [-0.3, -0.25) is 4.72 Å². The minimum absolute atomic E-state index is 0.0495. The number of nitrogens with two attached hydrogens (primary N) is 1. The van der Waals surface area contributed by atoms with Gasteiger partial charge in [0.2, 0.25) is 0 Å². The Kier molecular flexibility index (Phi) is 4.09. The Morgan fingerprint density at radius 1 is 1.30 bits per heavy atom. The molecule has 0 atom stereocenters. The number of benzene rings is 1. The van der Waals surface area contributed by atoms with E-state index >= 15 is 0 Å². The normalized spacial score (nSPS) is 11.1. The van der Waals surface area contributed by atoms with Crippen LogP contribution in [0.25, 0.3) is 0 Å². The van der Waals surface area contributed by atoms with Crippen molar-refractivity contribution < 1.29 is 13.2 Å². The Balaban J connectivity index is 2.24. The third-order valence-corrected chi connectivity index (χ3v) is 3.83. The molecule has 0 aliphatic carbocycles. The van der Waals surface area contributed by atoms with E-state index in [1.54, 1.807) is 24.3 Å². The molecule has 0 saturated carbocycles. The average Bonchev–Trinajstić information content (AvgIpc) is 2.39. The molecule has 0 spiro atoms. The second-order valence-electron chi connectivity index (χ2n) is 3.99. The predicted molar refractivity (Wildman–Crippen MR) is 77.1 cm³/mol. The zero-order valence-electron chi connectivity index (χ0n) is 10.9. The van der Waals surface area contributed by atoms with Gasteiger partial charge in [-0.2, -0.15) is 0 Å². The maximum absolute atomic E-state index is 12.1. The van der Waals surface area contributed by atoms with Crippen LogP contribution in [0.4, 0.5) is 11.5 Å². The van der Waals surface area contributed by atoms with Gasteiger partial charge in [-0.1, -0.05) is 6.07 Å². The molecule has 20 heavy (non-hydrogen) atoms. The monoisotopic (exact) mass is 293 g/mol. The van der Waals surface area contributed by atoms with Crippen molar-refractivity contribution in [1.29, 1.82) is 0 Å². The van der Waals surface area contributed by atoms with Crippen LogP contribution in [0.15, 0.2) is 47.5 Å². The first-order valence-corrected chi connectivity index (χ1v) is 7.47. The molecule has 0 saturated heterocycles. The summed E-state index contributed by atoms with van der Waals surface area (Å²) in [6.45, 7) is 2.37. The second kappa shape index (κ2) is 5.79. The summed E-state index contributed by atoms with van der Waals surface area (Å²) in [7, 11) is -3.69. The van der Waals surface area contributed by atoms with E-state index in [1.165, 1.54) is 18.3 Å². The lowest BCUT2D eigenvalue weighted by atomic mass is 10.3. The molecule has 0 fully saturated rings. The van der Waals surface area contributed by atoms with Gasteiger partial charge in [0.1, 0.15) is 16.5 Å². The maximum Gasteiger partial charge on any atom is 0.263 e. The number of nitrogen functional groups attached to an aromatic ring is 1. The molecule has 2 aromatic rings. The number of nitrogens with one attached hydrogen (secondary N) is 1. The molecular formula is C13H15N3O3S. The zero-order valence-corrected chi connectivity index (χ0v) is 11.7. The molecule has 0 unspecified atom stereocenters. The molecule has 1 aromatic heterocycles. The molecule has 6 nitrogen and oxygen atoms in total. The van der Waals surface area contributed by atoms with E-state index in [9.17, 15) is 8.42 Å². The van der Waals surface area contributed by atoms with E-state index in [0.717, 1.165) is 0 Å². The summed E-state index contributed by atoms with van der Waals surface area (Å²) in [5.74, 6) is 0.866. The highest BCUT2D eigenvalue weighted by Crippen LogP contribution is 2.20. The molecule has 3 N–H and O–H groups in total. The van der Waals surface area contributed by atoms with Crippen molar-refractivity contribution in [1.82, 2.24) is 4.98 Å². The lowest BCUT2D eigenvalue weighted by Crippen LogP contribution is -2.13. The minimum Gasteiger partial charge on any atom is -0.494 e. The van der Waals surface area contributed by atoms with E-state index in [1.807, 2.05) is 6.92 Å². The van der Waals surface area contributed by atoms with Crippen LogP contribution < -0.4 is 15.2 Å². The lowest BCUT2D eigenvalue weighted by Gasteiger charge is -2.09. The minimum atomic E-state index is -3.69. The van der Waals surface area contributed by atoms with Gasteiger partial charge in [-0.05, 0) is 31.2 Å². The molecule has 1 aromatic carbocycles. The highest BCUT2D eigenvalue weighted by Gasteiger charge is 2.14. The number of pyridine rings is 1. The predicted octanol–water partition coefficient (Wildman–Crippen LogP) is 1.86. The molecule has 2 rings (SSSR count). The maximum atomic E-state index is 12.1. The van der Waals surface area contributed by atoms with Crippen LogP contribution in [-0.2, 0) is 10.0 Å². The third-order valence-electron chi connectivity index (χ3n) is 2.47. The summed E-state index contributed by atoms with van der Waals surface area (Å²) >= 11 is 0. The van der Waals surface area contributed by atoms with Gasteiger partial charge in [0.05, 0.1) is 12.3 Å². The van der Waals surface area contributed by atoms with Crippen molar-refractivity contribution in [3.8, 4) is 5.75 Å². The molecule has 0 amide bonds. The topological polar surface area (TPSA) is 94.3 Å². The van der Waals surface area contributed by atoms with Crippen molar-refractivity contribution >= 4 is 21.5 Å². The number of hydrogen-bond donors (Lipinski definition) is 2. The summed E-state index contributed by atoms with van der Waals surface area (Å²) in [6, 6.07) is 9.56. The zero-order chi connectivity index (χ0) is 14.6. The molecular weight excluding hydrogens is 278 g/mol. The molecule has 1 heterocycles. The largest absolute Gasteiger partial charge is 0.494 e. The van der Waals surface area contributed by atoms with Gasteiger partial charge in [0.15, 0.2) is 0 Å². The van der Waals surface area contributed by atoms with Crippen molar-refractivity contribution in [3.63, 3.8) is 0 Å². The van der Waals surface area contributed by atoms with Crippen molar-refractivity contribution in [3.05, 3.63) is 42.6 Å². The van der Waals surface area contributed by atoms with Crippen LogP contribution in [0.2, 0.25) is 0 Å². The molecule has 0 aliphatic heterocycles. The van der Waals surface area contributed by atoms with Crippen LogP contribution in [0, 0.1) is 0 Å². The number of nitrogens with zero attached hydrogens (tertiary/aromatic N) is 1. The summed E-state index contributed by atoms with van der Waals surface area (Å²) in [4.78, 5) is 3.82. The highest BCUT2D eigenvalue weighted by atomic mass is 32.2. The van der Waals surface area contributed by atoms with Crippen LogP contribution >= 0.6 is 0 Å². The van der Waals surface area contributed by atoms with Crippen molar-refractivity contribution in [2.45, 2.75) is 11.8 Å². The fourth-order valence-electron chi connectivity index (χ4n) is 1.58. The number of anilines is 2. The fraction of sp³-hybridized carbons (Fsp3) is 0.154.